The standard InChI is InChI=1S/C14H13N7O/c1-8-4-12(22)19-20-13(8)9-2-3-10-11(5-9)18-14(17-10)21-7-15-6-16-21/h2-3,5-8H,4H2,1H3,(H,17,18)(H,19,22). The maximum atomic E-state index is 11.3. The number of amides is 1. The second-order valence-electron chi connectivity index (χ2n) is 5.27. The van der Waals surface area contributed by atoms with Gasteiger partial charge in [0.25, 0.3) is 0 Å². The first-order valence-corrected chi connectivity index (χ1v) is 6.92. The van der Waals surface area contributed by atoms with Gasteiger partial charge >= 0.3 is 0 Å². The third-order valence-electron chi connectivity index (χ3n) is 3.66. The zero-order valence-corrected chi connectivity index (χ0v) is 11.8. The van der Waals surface area contributed by atoms with Crippen LogP contribution in [0.1, 0.15) is 18.9 Å². The summed E-state index contributed by atoms with van der Waals surface area (Å²) in [5.74, 6) is 0.646. The first-order chi connectivity index (χ1) is 10.7. The highest BCUT2D eigenvalue weighted by Crippen LogP contribution is 2.20. The Kier molecular flexibility index (Phi) is 2.75. The second kappa shape index (κ2) is 4.76. The van der Waals surface area contributed by atoms with Crippen molar-refractivity contribution < 1.29 is 4.79 Å². The highest BCUT2D eigenvalue weighted by Gasteiger charge is 2.22. The van der Waals surface area contributed by atoms with Crippen molar-refractivity contribution in [1.29, 1.82) is 0 Å². The molecule has 0 bridgehead atoms. The lowest BCUT2D eigenvalue weighted by Crippen LogP contribution is -2.31. The van der Waals surface area contributed by atoms with Gasteiger partial charge in [0.1, 0.15) is 12.7 Å². The molecule has 0 aliphatic carbocycles. The number of aromatic amines is 1. The Balaban J connectivity index is 1.76. The number of hydrazone groups is 1. The van der Waals surface area contributed by atoms with Crippen molar-refractivity contribution in [2.45, 2.75) is 13.3 Å². The molecule has 8 heteroatoms. The number of imidazole rings is 1. The fourth-order valence-electron chi connectivity index (χ4n) is 2.58. The Labute approximate surface area is 125 Å². The van der Waals surface area contributed by atoms with Crippen molar-refractivity contribution in [2.75, 3.05) is 0 Å². The SMILES string of the molecule is CC1CC(=O)NN=C1c1ccc2nc(-n3cncn3)[nH]c2c1. The zero-order chi connectivity index (χ0) is 15.1. The van der Waals surface area contributed by atoms with Crippen molar-refractivity contribution in [3.63, 3.8) is 0 Å². The van der Waals surface area contributed by atoms with E-state index in [2.05, 4.69) is 30.6 Å². The predicted molar refractivity (Wildman–Crippen MR) is 79.5 cm³/mol. The summed E-state index contributed by atoms with van der Waals surface area (Å²) in [5.41, 5.74) is 6.10. The molecule has 2 N–H and O–H groups in total. The summed E-state index contributed by atoms with van der Waals surface area (Å²) in [5, 5.41) is 8.24. The molecule has 2 aromatic heterocycles. The molecule has 1 amide bonds. The first kappa shape index (κ1) is 12.7. The third kappa shape index (κ3) is 2.05. The highest BCUT2D eigenvalue weighted by molar-refractivity contribution is 6.07. The van der Waals surface area contributed by atoms with E-state index in [1.54, 1.807) is 11.0 Å². The fraction of sp³-hybridized carbons (Fsp3) is 0.214. The van der Waals surface area contributed by atoms with Gasteiger partial charge in [-0.25, -0.2) is 15.4 Å². The fourth-order valence-corrected chi connectivity index (χ4v) is 2.58. The van der Waals surface area contributed by atoms with E-state index >= 15 is 0 Å². The molecule has 0 fully saturated rings. The van der Waals surface area contributed by atoms with E-state index in [1.807, 2.05) is 25.1 Å². The van der Waals surface area contributed by atoms with Gasteiger partial charge in [0.2, 0.25) is 11.9 Å². The van der Waals surface area contributed by atoms with Crippen LogP contribution < -0.4 is 5.43 Å². The number of hydrogen-bond donors (Lipinski definition) is 2. The zero-order valence-electron chi connectivity index (χ0n) is 11.8. The van der Waals surface area contributed by atoms with Crippen LogP contribution in [0.2, 0.25) is 0 Å². The van der Waals surface area contributed by atoms with Crippen molar-refractivity contribution in [3.05, 3.63) is 36.4 Å². The van der Waals surface area contributed by atoms with Gasteiger partial charge in [0, 0.05) is 17.9 Å². The number of benzene rings is 1. The summed E-state index contributed by atoms with van der Waals surface area (Å²) in [6.07, 6.45) is 3.49. The van der Waals surface area contributed by atoms with Crippen molar-refractivity contribution in [2.24, 2.45) is 11.0 Å². The molecule has 1 aromatic carbocycles. The monoisotopic (exact) mass is 295 g/mol. The Bertz CT molecular complexity index is 878. The summed E-state index contributed by atoms with van der Waals surface area (Å²) < 4.78 is 1.57. The number of nitrogens with one attached hydrogen (secondary N) is 2. The minimum atomic E-state index is -0.0488. The first-order valence-electron chi connectivity index (χ1n) is 6.92. The molecular formula is C14H13N7O. The summed E-state index contributed by atoms with van der Waals surface area (Å²) in [7, 11) is 0. The van der Waals surface area contributed by atoms with Gasteiger partial charge in [-0.3, -0.25) is 4.79 Å². The van der Waals surface area contributed by atoms with Gasteiger partial charge in [-0.1, -0.05) is 13.0 Å². The molecule has 4 rings (SSSR count). The molecule has 1 aliphatic heterocycles. The van der Waals surface area contributed by atoms with Gasteiger partial charge in [0.05, 0.1) is 16.7 Å². The number of rotatable bonds is 2. The molecule has 0 saturated carbocycles. The molecule has 8 nitrogen and oxygen atoms in total. The minimum absolute atomic E-state index is 0.0488. The van der Waals surface area contributed by atoms with Crippen molar-refractivity contribution in [3.8, 4) is 5.95 Å². The Hall–Kier alpha value is -3.03. The van der Waals surface area contributed by atoms with Gasteiger partial charge < -0.3 is 4.98 Å². The summed E-state index contributed by atoms with van der Waals surface area (Å²) >= 11 is 0. The number of aromatic nitrogens is 5. The van der Waals surface area contributed by atoms with Gasteiger partial charge in [0.15, 0.2) is 0 Å². The molecule has 3 aromatic rings. The smallest absolute Gasteiger partial charge is 0.240 e. The average Bonchev–Trinajstić information content (AvgIpc) is 3.15. The predicted octanol–water partition coefficient (Wildman–Crippen LogP) is 1.00. The Morgan fingerprint density at radius 3 is 3.05 bits per heavy atom. The van der Waals surface area contributed by atoms with Gasteiger partial charge in [-0.2, -0.15) is 14.9 Å². The van der Waals surface area contributed by atoms with E-state index in [4.69, 9.17) is 0 Å². The maximum Gasteiger partial charge on any atom is 0.240 e. The molecule has 1 aliphatic rings. The summed E-state index contributed by atoms with van der Waals surface area (Å²) in [6, 6.07) is 5.87. The van der Waals surface area contributed by atoms with E-state index in [-0.39, 0.29) is 11.8 Å². The quantitative estimate of drug-likeness (QED) is 0.736. The highest BCUT2D eigenvalue weighted by atomic mass is 16.2. The lowest BCUT2D eigenvalue weighted by Gasteiger charge is -2.18. The van der Waals surface area contributed by atoms with E-state index in [1.165, 1.54) is 6.33 Å². The maximum absolute atomic E-state index is 11.3. The van der Waals surface area contributed by atoms with Crippen LogP contribution in [0.3, 0.4) is 0 Å². The van der Waals surface area contributed by atoms with Crippen LogP contribution in [0.4, 0.5) is 0 Å². The summed E-state index contributed by atoms with van der Waals surface area (Å²) in [4.78, 5) is 22.9. The number of H-pyrrole nitrogens is 1. The van der Waals surface area contributed by atoms with Crippen LogP contribution in [0, 0.1) is 5.92 Å². The third-order valence-corrected chi connectivity index (χ3v) is 3.66. The number of carbonyl (C=O) groups is 1. The van der Waals surface area contributed by atoms with Crippen LogP contribution >= 0.6 is 0 Å². The van der Waals surface area contributed by atoms with Crippen molar-refractivity contribution in [1.82, 2.24) is 30.2 Å². The molecule has 110 valence electrons. The lowest BCUT2D eigenvalue weighted by molar-refractivity contribution is -0.121. The van der Waals surface area contributed by atoms with Crippen LogP contribution in [-0.4, -0.2) is 36.4 Å². The van der Waals surface area contributed by atoms with Crippen LogP contribution in [0.15, 0.2) is 36.0 Å². The molecule has 0 saturated heterocycles. The molecule has 1 unspecified atom stereocenters. The topological polar surface area (TPSA) is 101 Å². The Morgan fingerprint density at radius 1 is 1.36 bits per heavy atom. The molecular weight excluding hydrogens is 282 g/mol. The summed E-state index contributed by atoms with van der Waals surface area (Å²) in [6.45, 7) is 2.00. The number of carbonyl (C=O) groups excluding carboxylic acids is 1. The van der Waals surface area contributed by atoms with Crippen LogP contribution in [-0.2, 0) is 4.79 Å². The van der Waals surface area contributed by atoms with E-state index in [0.29, 0.717) is 12.4 Å². The molecule has 3 heterocycles. The normalized spacial score (nSPS) is 18.3. The number of fused-ring (bicyclic) bond motifs is 1. The van der Waals surface area contributed by atoms with Crippen molar-refractivity contribution >= 4 is 22.7 Å². The molecule has 1 atom stereocenters. The largest absolute Gasteiger partial charge is 0.322 e. The van der Waals surface area contributed by atoms with Gasteiger partial charge in [-0.15, -0.1) is 0 Å². The van der Waals surface area contributed by atoms with Crippen LogP contribution in [0.25, 0.3) is 17.0 Å². The molecule has 0 radical (unpaired) electrons. The average molecular weight is 295 g/mol. The molecule has 0 spiro atoms. The Morgan fingerprint density at radius 2 is 2.27 bits per heavy atom. The van der Waals surface area contributed by atoms with E-state index < -0.39 is 0 Å². The number of hydrogen-bond acceptors (Lipinski definition) is 5. The minimum Gasteiger partial charge on any atom is -0.322 e. The van der Waals surface area contributed by atoms with Gasteiger partial charge in [-0.05, 0) is 12.1 Å². The number of nitrogens with zero attached hydrogens (tertiary/aromatic N) is 5. The second-order valence-corrected chi connectivity index (χ2v) is 5.27. The van der Waals surface area contributed by atoms with Crippen LogP contribution in [0.5, 0.6) is 0 Å². The van der Waals surface area contributed by atoms with E-state index in [0.717, 1.165) is 22.3 Å². The van der Waals surface area contributed by atoms with E-state index in [9.17, 15) is 4.79 Å². The lowest BCUT2D eigenvalue weighted by atomic mass is 9.94. The molecule has 22 heavy (non-hydrogen) atoms.